The Labute approximate surface area is 177 Å². The Kier molecular flexibility index (Phi) is 4.52. The fourth-order valence-electron chi connectivity index (χ4n) is 3.88. The number of hydrogen-bond donors (Lipinski definition) is 3. The Hall–Kier alpha value is -4.32. The molecule has 0 radical (unpaired) electrons. The zero-order chi connectivity index (χ0) is 21.4. The second kappa shape index (κ2) is 7.50. The normalized spacial score (nSPS) is 11.1. The Morgan fingerprint density at radius 1 is 0.839 bits per heavy atom. The van der Waals surface area contributed by atoms with Gasteiger partial charge in [0.1, 0.15) is 0 Å². The Morgan fingerprint density at radius 2 is 1.58 bits per heavy atom. The predicted molar refractivity (Wildman–Crippen MR) is 120 cm³/mol. The van der Waals surface area contributed by atoms with E-state index in [0.29, 0.717) is 23.1 Å². The van der Waals surface area contributed by atoms with E-state index in [1.807, 2.05) is 72.8 Å². The molecular weight excluding hydrogens is 390 g/mol. The summed E-state index contributed by atoms with van der Waals surface area (Å²) >= 11 is 0. The van der Waals surface area contributed by atoms with E-state index >= 15 is 0 Å². The van der Waals surface area contributed by atoms with E-state index in [1.165, 1.54) is 4.57 Å². The fraction of sp³-hybridized carbons (Fsp3) is 0.0400. The Morgan fingerprint density at radius 3 is 2.39 bits per heavy atom. The highest BCUT2D eigenvalue weighted by atomic mass is 16.3. The first-order valence-corrected chi connectivity index (χ1v) is 9.86. The van der Waals surface area contributed by atoms with Crippen LogP contribution in [-0.2, 0) is 6.42 Å². The van der Waals surface area contributed by atoms with Crippen LogP contribution in [0.5, 0.6) is 11.8 Å². The monoisotopic (exact) mass is 409 g/mol. The zero-order valence-corrected chi connectivity index (χ0v) is 16.5. The molecule has 0 atom stereocenters. The lowest BCUT2D eigenvalue weighted by Crippen LogP contribution is -2.11. The molecule has 5 aromatic rings. The van der Waals surface area contributed by atoms with Crippen LogP contribution in [0.2, 0.25) is 0 Å². The minimum absolute atomic E-state index is 0.0338. The number of rotatable bonds is 4. The van der Waals surface area contributed by atoms with E-state index in [-0.39, 0.29) is 17.3 Å². The maximum Gasteiger partial charge on any atom is 0.272 e. The number of nitrogens with zero attached hydrogens (tertiary/aromatic N) is 2. The fourth-order valence-corrected chi connectivity index (χ4v) is 3.88. The molecule has 0 unspecified atom stereocenters. The molecule has 0 aliphatic rings. The number of aromatic nitrogens is 3. The molecule has 2 aromatic heterocycles. The van der Waals surface area contributed by atoms with E-state index in [4.69, 9.17) is 0 Å². The lowest BCUT2D eigenvalue weighted by atomic mass is 10.0. The van der Waals surface area contributed by atoms with Gasteiger partial charge < -0.3 is 10.2 Å². The molecule has 0 saturated heterocycles. The molecule has 0 aliphatic carbocycles. The van der Waals surface area contributed by atoms with Gasteiger partial charge in [-0.15, -0.1) is 0 Å². The number of nitrogens with one attached hydrogen (secondary N) is 1. The maximum atomic E-state index is 12.0. The first kappa shape index (κ1) is 18.7. The average Bonchev–Trinajstić information content (AvgIpc) is 3.10. The van der Waals surface area contributed by atoms with Crippen molar-refractivity contribution in [1.29, 1.82) is 0 Å². The van der Waals surface area contributed by atoms with Crippen molar-refractivity contribution in [3.63, 3.8) is 0 Å². The molecule has 152 valence electrons. The van der Waals surface area contributed by atoms with Gasteiger partial charge in [0.15, 0.2) is 5.88 Å². The van der Waals surface area contributed by atoms with Gasteiger partial charge in [-0.2, -0.15) is 5.10 Å². The van der Waals surface area contributed by atoms with Crippen LogP contribution in [0.3, 0.4) is 0 Å². The molecule has 0 bridgehead atoms. The van der Waals surface area contributed by atoms with Crippen molar-refractivity contribution in [3.05, 3.63) is 107 Å². The third kappa shape index (κ3) is 3.34. The van der Waals surface area contributed by atoms with Gasteiger partial charge in [-0.1, -0.05) is 60.7 Å². The Balaban J connectivity index is 1.55. The minimum atomic E-state index is -0.219. The van der Waals surface area contributed by atoms with Gasteiger partial charge >= 0.3 is 0 Å². The maximum absolute atomic E-state index is 12.0. The molecule has 2 heterocycles. The van der Waals surface area contributed by atoms with Crippen molar-refractivity contribution < 1.29 is 10.2 Å². The highest BCUT2D eigenvalue weighted by molar-refractivity contribution is 5.83. The summed E-state index contributed by atoms with van der Waals surface area (Å²) < 4.78 is 1.41. The molecule has 0 spiro atoms. The molecule has 31 heavy (non-hydrogen) atoms. The lowest BCUT2D eigenvalue weighted by Gasteiger charge is -2.10. The summed E-state index contributed by atoms with van der Waals surface area (Å²) in [5.41, 5.74) is 3.45. The smallest absolute Gasteiger partial charge is 0.272 e. The van der Waals surface area contributed by atoms with Gasteiger partial charge in [0, 0.05) is 23.4 Å². The van der Waals surface area contributed by atoms with Crippen molar-refractivity contribution in [1.82, 2.24) is 14.8 Å². The van der Waals surface area contributed by atoms with E-state index in [0.717, 1.165) is 22.2 Å². The first-order chi connectivity index (χ1) is 15.1. The van der Waals surface area contributed by atoms with Crippen LogP contribution in [0.15, 0.2) is 89.7 Å². The minimum Gasteiger partial charge on any atom is -0.494 e. The van der Waals surface area contributed by atoms with Crippen molar-refractivity contribution in [2.75, 3.05) is 0 Å². The molecule has 5 rings (SSSR count). The Bertz CT molecular complexity index is 1450. The van der Waals surface area contributed by atoms with E-state index in [9.17, 15) is 15.0 Å². The van der Waals surface area contributed by atoms with Crippen molar-refractivity contribution in [3.8, 4) is 28.6 Å². The number of hydrogen-bond acceptors (Lipinski definition) is 4. The topological polar surface area (TPSA) is 91.1 Å². The van der Waals surface area contributed by atoms with E-state index in [1.54, 1.807) is 12.1 Å². The molecule has 6 nitrogen and oxygen atoms in total. The number of aromatic hydroxyl groups is 2. The third-order valence-electron chi connectivity index (χ3n) is 5.36. The molecule has 6 heteroatoms. The van der Waals surface area contributed by atoms with Gasteiger partial charge in [-0.05, 0) is 29.3 Å². The molecule has 0 fully saturated rings. The number of fused-ring (bicyclic) bond motifs is 1. The SMILES string of the molecule is O=c1[nH]nc(Cc2cccc(-n3c(O)cc(-c4ccccc4)c3O)c2)c2ccccc12. The second-order valence-corrected chi connectivity index (χ2v) is 7.33. The molecule has 3 aromatic carbocycles. The summed E-state index contributed by atoms with van der Waals surface area (Å²) in [6.45, 7) is 0. The van der Waals surface area contributed by atoms with Crippen LogP contribution in [0, 0.1) is 0 Å². The molecular formula is C25H19N3O3. The van der Waals surface area contributed by atoms with Crippen molar-refractivity contribution in [2.24, 2.45) is 0 Å². The van der Waals surface area contributed by atoms with Gasteiger partial charge in [0.2, 0.25) is 5.88 Å². The number of H-pyrrole nitrogens is 1. The quantitative estimate of drug-likeness (QED) is 0.411. The van der Waals surface area contributed by atoms with Gasteiger partial charge in [0.25, 0.3) is 5.56 Å². The number of benzene rings is 3. The van der Waals surface area contributed by atoms with Crippen LogP contribution < -0.4 is 5.56 Å². The highest BCUT2D eigenvalue weighted by Gasteiger charge is 2.17. The van der Waals surface area contributed by atoms with Gasteiger partial charge in [-0.3, -0.25) is 9.36 Å². The molecule has 0 aliphatic heterocycles. The van der Waals surface area contributed by atoms with Crippen molar-refractivity contribution >= 4 is 10.8 Å². The lowest BCUT2D eigenvalue weighted by molar-refractivity contribution is 0.403. The summed E-state index contributed by atoms with van der Waals surface area (Å²) in [5, 5.41) is 29.5. The number of aromatic amines is 1. The zero-order valence-electron chi connectivity index (χ0n) is 16.5. The van der Waals surface area contributed by atoms with E-state index in [2.05, 4.69) is 10.2 Å². The highest BCUT2D eigenvalue weighted by Crippen LogP contribution is 2.38. The van der Waals surface area contributed by atoms with E-state index < -0.39 is 0 Å². The van der Waals surface area contributed by atoms with Gasteiger partial charge in [-0.25, -0.2) is 5.10 Å². The standard InChI is InChI=1S/C25H19N3O3/c29-23-15-21(17-8-2-1-3-9-17)25(31)28(23)18-10-6-7-16(13-18)14-22-19-11-4-5-12-20(19)24(30)27-26-22/h1-13,15,29,31H,14H2,(H,27,30). The van der Waals surface area contributed by atoms with Crippen molar-refractivity contribution in [2.45, 2.75) is 6.42 Å². The summed E-state index contributed by atoms with van der Waals surface area (Å²) in [5.74, 6) is -0.0883. The largest absolute Gasteiger partial charge is 0.494 e. The van der Waals surface area contributed by atoms with Gasteiger partial charge in [0.05, 0.1) is 16.8 Å². The predicted octanol–water partition coefficient (Wildman–Crippen LogP) is 4.38. The summed E-state index contributed by atoms with van der Waals surface area (Å²) in [6.07, 6.45) is 0.486. The molecule has 0 saturated carbocycles. The van der Waals surface area contributed by atoms with Crippen LogP contribution in [0.25, 0.3) is 27.6 Å². The van der Waals surface area contributed by atoms with Crippen LogP contribution in [-0.4, -0.2) is 25.0 Å². The first-order valence-electron chi connectivity index (χ1n) is 9.86. The average molecular weight is 409 g/mol. The third-order valence-corrected chi connectivity index (χ3v) is 5.36. The molecule has 0 amide bonds. The van der Waals surface area contributed by atoms with Crippen LogP contribution >= 0.6 is 0 Å². The molecule has 3 N–H and O–H groups in total. The summed E-state index contributed by atoms with van der Waals surface area (Å²) in [4.78, 5) is 12.0. The summed E-state index contributed by atoms with van der Waals surface area (Å²) in [6, 6.07) is 25.8. The van der Waals surface area contributed by atoms with Crippen LogP contribution in [0.4, 0.5) is 0 Å². The summed E-state index contributed by atoms with van der Waals surface area (Å²) in [7, 11) is 0. The second-order valence-electron chi connectivity index (χ2n) is 7.33. The van der Waals surface area contributed by atoms with Crippen LogP contribution in [0.1, 0.15) is 11.3 Å².